The minimum absolute atomic E-state index is 0.0653. The standard InChI is InChI=1S/C24H22FN7O2/c25-17-5-6-21-16(11-17)12-26-24(29-21)30-10-7-18-14-34-15-19(13-30)31(18)23(33)20-3-1-2-4-22(20)32-27-8-9-28-32/h1-6,8-9,11-12,18-19H,7,10,13-15H2. The normalized spacial score (nSPS) is 20.4. The van der Waals surface area contributed by atoms with Crippen LogP contribution in [-0.2, 0) is 4.74 Å². The summed E-state index contributed by atoms with van der Waals surface area (Å²) in [6.07, 6.45) is 5.54. The number of rotatable bonds is 3. The average molecular weight is 459 g/mol. The first-order chi connectivity index (χ1) is 16.7. The molecular formula is C24H22FN7O2. The quantitative estimate of drug-likeness (QED) is 0.465. The molecule has 2 unspecified atom stereocenters. The molecule has 2 aliphatic rings. The minimum atomic E-state index is -0.315. The zero-order valence-electron chi connectivity index (χ0n) is 18.3. The Bertz CT molecular complexity index is 1350. The molecule has 2 aromatic heterocycles. The van der Waals surface area contributed by atoms with Crippen LogP contribution in [0.25, 0.3) is 16.6 Å². The van der Waals surface area contributed by atoms with Gasteiger partial charge in [0.2, 0.25) is 5.95 Å². The number of carbonyl (C=O) groups excluding carboxylic acids is 1. The van der Waals surface area contributed by atoms with E-state index < -0.39 is 0 Å². The molecule has 4 aromatic rings. The number of halogens is 1. The molecule has 2 aromatic carbocycles. The molecule has 0 N–H and O–H groups in total. The summed E-state index contributed by atoms with van der Waals surface area (Å²) in [6.45, 7) is 2.14. The molecule has 2 fully saturated rings. The minimum Gasteiger partial charge on any atom is -0.377 e. The maximum absolute atomic E-state index is 13.8. The van der Waals surface area contributed by atoms with E-state index in [-0.39, 0.29) is 23.8 Å². The lowest BCUT2D eigenvalue weighted by Crippen LogP contribution is -2.56. The van der Waals surface area contributed by atoms with Crippen LogP contribution in [0.15, 0.2) is 61.1 Å². The summed E-state index contributed by atoms with van der Waals surface area (Å²) in [5, 5.41) is 9.07. The molecule has 0 saturated carbocycles. The number of carbonyl (C=O) groups is 1. The number of fused-ring (bicyclic) bond motifs is 3. The first-order valence-electron chi connectivity index (χ1n) is 11.2. The van der Waals surface area contributed by atoms with Crippen molar-refractivity contribution >= 4 is 22.8 Å². The van der Waals surface area contributed by atoms with Crippen LogP contribution in [0.3, 0.4) is 0 Å². The number of ether oxygens (including phenoxy) is 1. The first kappa shape index (κ1) is 20.7. The van der Waals surface area contributed by atoms with Crippen molar-refractivity contribution in [2.75, 3.05) is 31.2 Å². The fraction of sp³-hybridized carbons (Fsp3) is 0.292. The van der Waals surface area contributed by atoms with Gasteiger partial charge in [-0.25, -0.2) is 14.4 Å². The van der Waals surface area contributed by atoms with Gasteiger partial charge in [0.25, 0.3) is 5.91 Å². The Morgan fingerprint density at radius 2 is 1.88 bits per heavy atom. The first-order valence-corrected chi connectivity index (χ1v) is 11.2. The van der Waals surface area contributed by atoms with Crippen LogP contribution < -0.4 is 4.90 Å². The van der Waals surface area contributed by atoms with Gasteiger partial charge in [-0.1, -0.05) is 12.1 Å². The second-order valence-corrected chi connectivity index (χ2v) is 8.50. The van der Waals surface area contributed by atoms with Gasteiger partial charge in [0.1, 0.15) is 5.82 Å². The highest BCUT2D eigenvalue weighted by Crippen LogP contribution is 2.28. The summed E-state index contributed by atoms with van der Waals surface area (Å²) in [5.41, 5.74) is 1.87. The summed E-state index contributed by atoms with van der Waals surface area (Å²) in [5.74, 6) is 0.187. The fourth-order valence-electron chi connectivity index (χ4n) is 4.78. The van der Waals surface area contributed by atoms with Gasteiger partial charge in [-0.05, 0) is 36.8 Å². The van der Waals surface area contributed by atoms with Gasteiger partial charge >= 0.3 is 0 Å². The van der Waals surface area contributed by atoms with Crippen LogP contribution in [0.4, 0.5) is 10.3 Å². The van der Waals surface area contributed by atoms with Gasteiger partial charge in [-0.2, -0.15) is 15.0 Å². The van der Waals surface area contributed by atoms with Crippen LogP contribution in [-0.4, -0.2) is 74.2 Å². The molecule has 2 atom stereocenters. The summed E-state index contributed by atoms with van der Waals surface area (Å²) in [7, 11) is 0. The summed E-state index contributed by atoms with van der Waals surface area (Å²) in [6, 6.07) is 11.6. The Hall–Kier alpha value is -3.92. The molecule has 4 heterocycles. The Balaban J connectivity index is 1.32. The third-order valence-corrected chi connectivity index (χ3v) is 6.39. The lowest BCUT2D eigenvalue weighted by atomic mass is 10.0. The number of aromatic nitrogens is 5. The van der Waals surface area contributed by atoms with Crippen molar-refractivity contribution in [2.45, 2.75) is 18.5 Å². The van der Waals surface area contributed by atoms with Crippen molar-refractivity contribution in [3.05, 3.63) is 72.4 Å². The molecule has 2 saturated heterocycles. The number of amides is 1. The van der Waals surface area contributed by atoms with Crippen molar-refractivity contribution in [1.82, 2.24) is 29.9 Å². The van der Waals surface area contributed by atoms with E-state index in [4.69, 9.17) is 4.74 Å². The van der Waals surface area contributed by atoms with Crippen molar-refractivity contribution < 1.29 is 13.9 Å². The van der Waals surface area contributed by atoms with Crippen molar-refractivity contribution in [2.24, 2.45) is 0 Å². The van der Waals surface area contributed by atoms with Gasteiger partial charge in [0.15, 0.2) is 0 Å². The number of para-hydroxylation sites is 1. The van der Waals surface area contributed by atoms with Crippen LogP contribution in [0.5, 0.6) is 0 Å². The summed E-state index contributed by atoms with van der Waals surface area (Å²) >= 11 is 0. The second-order valence-electron chi connectivity index (χ2n) is 8.50. The molecule has 2 bridgehead atoms. The molecule has 6 rings (SSSR count). The number of hydrogen-bond donors (Lipinski definition) is 0. The van der Waals surface area contributed by atoms with Gasteiger partial charge < -0.3 is 14.5 Å². The van der Waals surface area contributed by atoms with E-state index in [9.17, 15) is 9.18 Å². The van der Waals surface area contributed by atoms with E-state index in [2.05, 4.69) is 25.1 Å². The molecule has 172 valence electrons. The van der Waals surface area contributed by atoms with Crippen molar-refractivity contribution in [3.63, 3.8) is 0 Å². The SMILES string of the molecule is O=C(c1ccccc1-n1nccn1)N1C2CCN(c3ncc4cc(F)ccc4n3)CC1COC2. The van der Waals surface area contributed by atoms with Crippen LogP contribution in [0, 0.1) is 5.82 Å². The smallest absolute Gasteiger partial charge is 0.256 e. The van der Waals surface area contributed by atoms with E-state index in [0.29, 0.717) is 54.4 Å². The molecule has 10 heteroatoms. The number of hydrogen-bond acceptors (Lipinski definition) is 7. The maximum atomic E-state index is 13.8. The topological polar surface area (TPSA) is 89.3 Å². The van der Waals surface area contributed by atoms with E-state index in [1.54, 1.807) is 24.7 Å². The van der Waals surface area contributed by atoms with E-state index in [1.807, 2.05) is 29.2 Å². The van der Waals surface area contributed by atoms with Crippen molar-refractivity contribution in [1.29, 1.82) is 0 Å². The Kier molecular flexibility index (Phi) is 5.14. The number of benzene rings is 2. The van der Waals surface area contributed by atoms with Crippen LogP contribution in [0.2, 0.25) is 0 Å². The Morgan fingerprint density at radius 3 is 2.76 bits per heavy atom. The molecular weight excluding hydrogens is 437 g/mol. The number of morpholine rings is 1. The highest BCUT2D eigenvalue weighted by Gasteiger charge is 2.40. The number of anilines is 1. The Morgan fingerprint density at radius 1 is 1.06 bits per heavy atom. The number of nitrogens with zero attached hydrogens (tertiary/aromatic N) is 7. The summed E-state index contributed by atoms with van der Waals surface area (Å²) in [4.78, 5) is 28.5. The van der Waals surface area contributed by atoms with Gasteiger partial charge in [-0.15, -0.1) is 0 Å². The predicted octanol–water partition coefficient (Wildman–Crippen LogP) is 2.47. The Labute approximate surface area is 194 Å². The molecule has 34 heavy (non-hydrogen) atoms. The van der Waals surface area contributed by atoms with E-state index in [0.717, 1.165) is 6.42 Å². The zero-order valence-corrected chi connectivity index (χ0v) is 18.3. The fourth-order valence-corrected chi connectivity index (χ4v) is 4.78. The monoisotopic (exact) mass is 459 g/mol. The molecule has 9 nitrogen and oxygen atoms in total. The van der Waals surface area contributed by atoms with Crippen LogP contribution in [0.1, 0.15) is 16.8 Å². The third-order valence-electron chi connectivity index (χ3n) is 6.39. The second kappa shape index (κ2) is 8.45. The van der Waals surface area contributed by atoms with Gasteiger partial charge in [0, 0.05) is 24.7 Å². The highest BCUT2D eigenvalue weighted by molar-refractivity contribution is 5.98. The maximum Gasteiger partial charge on any atom is 0.256 e. The predicted molar refractivity (Wildman–Crippen MR) is 122 cm³/mol. The zero-order chi connectivity index (χ0) is 23.1. The molecule has 0 spiro atoms. The lowest BCUT2D eigenvalue weighted by Gasteiger charge is -2.40. The largest absolute Gasteiger partial charge is 0.377 e. The third kappa shape index (κ3) is 3.65. The molecule has 0 aliphatic carbocycles. The molecule has 2 aliphatic heterocycles. The van der Waals surface area contributed by atoms with Crippen molar-refractivity contribution in [3.8, 4) is 5.69 Å². The molecule has 1 amide bonds. The van der Waals surface area contributed by atoms with E-state index >= 15 is 0 Å². The van der Waals surface area contributed by atoms with Gasteiger partial charge in [0.05, 0.1) is 54.5 Å². The average Bonchev–Trinajstić information content (AvgIpc) is 3.37. The lowest BCUT2D eigenvalue weighted by molar-refractivity contribution is -0.0293. The van der Waals surface area contributed by atoms with Crippen LogP contribution >= 0.6 is 0 Å². The molecule has 0 radical (unpaired) electrons. The van der Waals surface area contributed by atoms with E-state index in [1.165, 1.54) is 16.9 Å². The summed E-state index contributed by atoms with van der Waals surface area (Å²) < 4.78 is 19.4. The highest BCUT2D eigenvalue weighted by atomic mass is 19.1. The van der Waals surface area contributed by atoms with Gasteiger partial charge in [-0.3, -0.25) is 4.79 Å².